The number of aryl methyl sites for hydroxylation is 1. The molecule has 2 aliphatic heterocycles. The lowest BCUT2D eigenvalue weighted by Crippen LogP contribution is -2.49. The largest absolute Gasteiger partial charge is 0.355 e. The van der Waals surface area contributed by atoms with Crippen molar-refractivity contribution in [1.82, 2.24) is 13.6 Å². The summed E-state index contributed by atoms with van der Waals surface area (Å²) in [6.07, 6.45) is 4.72. The molecule has 0 radical (unpaired) electrons. The number of aromatic nitrogens is 1. The molecule has 2 saturated heterocycles. The Balaban J connectivity index is 1.51. The SMILES string of the molecule is Cc1cc(Nc2ccc(F)cc2)cc(C2CCCN(S(=O)(=O)N3CCCCC3)C2)n1. The first-order chi connectivity index (χ1) is 14.4. The van der Waals surface area contributed by atoms with E-state index in [1.54, 1.807) is 20.7 Å². The summed E-state index contributed by atoms with van der Waals surface area (Å²) in [6, 6.07) is 10.1. The summed E-state index contributed by atoms with van der Waals surface area (Å²) >= 11 is 0. The highest BCUT2D eigenvalue weighted by molar-refractivity contribution is 7.86. The predicted molar refractivity (Wildman–Crippen MR) is 117 cm³/mol. The lowest BCUT2D eigenvalue weighted by atomic mass is 9.95. The average Bonchev–Trinajstić information content (AvgIpc) is 2.76. The van der Waals surface area contributed by atoms with Crippen molar-refractivity contribution in [3.63, 3.8) is 0 Å². The Morgan fingerprint density at radius 1 is 0.967 bits per heavy atom. The highest BCUT2D eigenvalue weighted by Gasteiger charge is 2.35. The number of hydrogen-bond acceptors (Lipinski definition) is 4. The van der Waals surface area contributed by atoms with Crippen molar-refractivity contribution in [1.29, 1.82) is 0 Å². The summed E-state index contributed by atoms with van der Waals surface area (Å²) in [5.41, 5.74) is 3.44. The molecule has 8 heteroatoms. The van der Waals surface area contributed by atoms with Crippen molar-refractivity contribution in [2.24, 2.45) is 0 Å². The van der Waals surface area contributed by atoms with E-state index in [1.165, 1.54) is 12.1 Å². The molecule has 2 aromatic rings. The Morgan fingerprint density at radius 3 is 2.40 bits per heavy atom. The Kier molecular flexibility index (Phi) is 6.36. The van der Waals surface area contributed by atoms with Crippen LogP contribution < -0.4 is 5.32 Å². The van der Waals surface area contributed by atoms with Crippen molar-refractivity contribution in [2.45, 2.75) is 44.9 Å². The Hall–Kier alpha value is -2.03. The zero-order valence-corrected chi connectivity index (χ0v) is 18.2. The Bertz CT molecular complexity index is 975. The van der Waals surface area contributed by atoms with Gasteiger partial charge in [0.15, 0.2) is 0 Å². The Labute approximate surface area is 178 Å². The summed E-state index contributed by atoms with van der Waals surface area (Å²) in [7, 11) is -3.41. The maximum absolute atomic E-state index is 13.2. The van der Waals surface area contributed by atoms with Gasteiger partial charge in [-0.3, -0.25) is 4.98 Å². The topological polar surface area (TPSA) is 65.5 Å². The van der Waals surface area contributed by atoms with Crippen molar-refractivity contribution in [3.8, 4) is 0 Å². The maximum atomic E-state index is 13.2. The van der Waals surface area contributed by atoms with Crippen LogP contribution >= 0.6 is 0 Å². The third-order valence-corrected chi connectivity index (χ3v) is 7.88. The van der Waals surface area contributed by atoms with Crippen LogP contribution in [-0.2, 0) is 10.2 Å². The molecule has 6 nitrogen and oxygen atoms in total. The van der Waals surface area contributed by atoms with Crippen LogP contribution in [0.5, 0.6) is 0 Å². The number of hydrogen-bond donors (Lipinski definition) is 1. The van der Waals surface area contributed by atoms with E-state index < -0.39 is 10.2 Å². The van der Waals surface area contributed by atoms with Gasteiger partial charge in [-0.1, -0.05) is 6.42 Å². The summed E-state index contributed by atoms with van der Waals surface area (Å²) in [6.45, 7) is 4.22. The van der Waals surface area contributed by atoms with Crippen LogP contribution in [0.25, 0.3) is 0 Å². The van der Waals surface area contributed by atoms with Crippen molar-refractivity contribution >= 4 is 21.6 Å². The Morgan fingerprint density at radius 2 is 1.67 bits per heavy atom. The fourth-order valence-electron chi connectivity index (χ4n) is 4.33. The molecule has 30 heavy (non-hydrogen) atoms. The van der Waals surface area contributed by atoms with Gasteiger partial charge in [-0.15, -0.1) is 0 Å². The van der Waals surface area contributed by atoms with E-state index in [2.05, 4.69) is 5.32 Å². The number of halogens is 1. The lowest BCUT2D eigenvalue weighted by Gasteiger charge is -2.36. The van der Waals surface area contributed by atoms with Gasteiger partial charge in [0.2, 0.25) is 0 Å². The molecule has 0 bridgehead atoms. The van der Waals surface area contributed by atoms with Crippen LogP contribution in [-0.4, -0.2) is 48.2 Å². The number of benzene rings is 1. The van der Waals surface area contributed by atoms with Gasteiger partial charge in [-0.25, -0.2) is 4.39 Å². The molecule has 0 aliphatic carbocycles. The summed E-state index contributed by atoms with van der Waals surface area (Å²) in [5.74, 6) is -0.212. The number of anilines is 2. The lowest BCUT2D eigenvalue weighted by molar-refractivity contribution is 0.266. The smallest absolute Gasteiger partial charge is 0.281 e. The molecule has 0 amide bonds. The molecular weight excluding hydrogens is 403 g/mol. The number of pyridine rings is 1. The van der Waals surface area contributed by atoms with Gasteiger partial charge >= 0.3 is 0 Å². The third kappa shape index (κ3) is 4.82. The zero-order valence-electron chi connectivity index (χ0n) is 17.3. The molecule has 1 unspecified atom stereocenters. The molecule has 2 fully saturated rings. The molecule has 0 spiro atoms. The first-order valence-corrected chi connectivity index (χ1v) is 12.1. The van der Waals surface area contributed by atoms with Gasteiger partial charge in [-0.2, -0.15) is 17.0 Å². The van der Waals surface area contributed by atoms with E-state index in [0.717, 1.165) is 54.9 Å². The first kappa shape index (κ1) is 21.2. The molecule has 3 heterocycles. The van der Waals surface area contributed by atoms with E-state index in [9.17, 15) is 12.8 Å². The van der Waals surface area contributed by atoms with Crippen LogP contribution in [0, 0.1) is 12.7 Å². The van der Waals surface area contributed by atoms with Gasteiger partial charge in [0.1, 0.15) is 5.82 Å². The highest BCUT2D eigenvalue weighted by atomic mass is 32.2. The van der Waals surface area contributed by atoms with E-state index in [-0.39, 0.29) is 11.7 Å². The average molecular weight is 433 g/mol. The van der Waals surface area contributed by atoms with Gasteiger partial charge in [0.25, 0.3) is 10.2 Å². The van der Waals surface area contributed by atoms with Crippen LogP contribution in [0.15, 0.2) is 36.4 Å². The predicted octanol–water partition coefficient (Wildman–Crippen LogP) is 4.18. The summed E-state index contributed by atoms with van der Waals surface area (Å²) in [4.78, 5) is 4.71. The number of piperidine rings is 2. The monoisotopic (exact) mass is 432 g/mol. The summed E-state index contributed by atoms with van der Waals surface area (Å²) < 4.78 is 42.7. The molecule has 162 valence electrons. The first-order valence-electron chi connectivity index (χ1n) is 10.7. The molecule has 0 saturated carbocycles. The second kappa shape index (κ2) is 8.99. The second-order valence-corrected chi connectivity index (χ2v) is 10.1. The van der Waals surface area contributed by atoms with Gasteiger partial charge < -0.3 is 5.32 Å². The molecular formula is C22H29FN4O2S. The molecule has 1 atom stereocenters. The van der Waals surface area contributed by atoms with Gasteiger partial charge in [-0.05, 0) is 69.0 Å². The molecule has 1 aromatic carbocycles. The van der Waals surface area contributed by atoms with E-state index >= 15 is 0 Å². The molecule has 1 N–H and O–H groups in total. The van der Waals surface area contributed by atoms with Gasteiger partial charge in [0, 0.05) is 54.9 Å². The second-order valence-electron chi connectivity index (χ2n) is 8.22. The molecule has 1 aromatic heterocycles. The van der Waals surface area contributed by atoms with E-state index in [1.807, 2.05) is 19.1 Å². The fraction of sp³-hybridized carbons (Fsp3) is 0.500. The van der Waals surface area contributed by atoms with Crippen molar-refractivity contribution in [3.05, 3.63) is 53.6 Å². The maximum Gasteiger partial charge on any atom is 0.281 e. The minimum Gasteiger partial charge on any atom is -0.355 e. The van der Waals surface area contributed by atoms with Crippen LogP contribution in [0.1, 0.15) is 49.4 Å². The standard InChI is InChI=1S/C22H29FN4O2S/c1-17-14-21(25-20-9-7-19(23)8-10-20)15-22(24-17)18-6-5-13-27(16-18)30(28,29)26-11-3-2-4-12-26/h7-10,14-15,18H,2-6,11-13,16H2,1H3,(H,24,25). The minimum absolute atomic E-state index is 0.0620. The van der Waals surface area contributed by atoms with Crippen molar-refractivity contribution in [2.75, 3.05) is 31.5 Å². The fourth-order valence-corrected chi connectivity index (χ4v) is 6.10. The van der Waals surface area contributed by atoms with Crippen molar-refractivity contribution < 1.29 is 12.8 Å². The minimum atomic E-state index is -3.41. The van der Waals surface area contributed by atoms with Crippen LogP contribution in [0.4, 0.5) is 15.8 Å². The number of rotatable bonds is 5. The normalized spacial score (nSPS) is 21.5. The van der Waals surface area contributed by atoms with Crippen LogP contribution in [0.2, 0.25) is 0 Å². The number of nitrogens with zero attached hydrogens (tertiary/aromatic N) is 3. The molecule has 4 rings (SSSR count). The van der Waals surface area contributed by atoms with Gasteiger partial charge in [0.05, 0.1) is 0 Å². The quantitative estimate of drug-likeness (QED) is 0.770. The summed E-state index contributed by atoms with van der Waals surface area (Å²) in [5, 5.41) is 3.30. The molecule has 2 aliphatic rings. The van der Waals surface area contributed by atoms with E-state index in [4.69, 9.17) is 4.98 Å². The van der Waals surface area contributed by atoms with E-state index in [0.29, 0.717) is 26.2 Å². The van der Waals surface area contributed by atoms with Crippen LogP contribution in [0.3, 0.4) is 0 Å². The third-order valence-electron chi connectivity index (χ3n) is 5.88. The highest BCUT2D eigenvalue weighted by Crippen LogP contribution is 2.31. The zero-order chi connectivity index (χ0) is 21.1. The number of nitrogens with one attached hydrogen (secondary N) is 1.